The van der Waals surface area contributed by atoms with Gasteiger partial charge in [0.1, 0.15) is 5.15 Å². The minimum Gasteiger partial charge on any atom is -0.244 e. The lowest BCUT2D eigenvalue weighted by Crippen LogP contribution is -2.31. The van der Waals surface area contributed by atoms with Crippen LogP contribution in [0, 0.1) is 0 Å². The topological polar surface area (TPSA) is 12.9 Å². The van der Waals surface area contributed by atoms with E-state index >= 15 is 0 Å². The van der Waals surface area contributed by atoms with Gasteiger partial charge in [0, 0.05) is 11.8 Å². The summed E-state index contributed by atoms with van der Waals surface area (Å²) in [5.74, 6) is 0. The molecular formula is C24H18ClN. The van der Waals surface area contributed by atoms with Gasteiger partial charge in [-0.15, -0.1) is 0 Å². The van der Waals surface area contributed by atoms with E-state index in [-0.39, 0.29) is 0 Å². The van der Waals surface area contributed by atoms with E-state index in [0.717, 1.165) is 22.3 Å². The fraction of sp³-hybridized carbons (Fsp3) is 0.0417. The molecule has 0 aliphatic carbocycles. The van der Waals surface area contributed by atoms with Crippen LogP contribution in [0.5, 0.6) is 0 Å². The van der Waals surface area contributed by atoms with Crippen LogP contribution < -0.4 is 0 Å². The average molecular weight is 356 g/mol. The Bertz CT molecular complexity index is 885. The molecule has 0 aliphatic rings. The standard InChI is InChI=1S/C24H18ClN/c25-23-22(17-10-18-26-23)24(19-11-4-1-5-12-19,20-13-6-2-7-14-20)21-15-8-3-9-16-21/h1-18H. The molecule has 0 atom stereocenters. The van der Waals surface area contributed by atoms with Gasteiger partial charge in [0.25, 0.3) is 0 Å². The lowest BCUT2D eigenvalue weighted by molar-refractivity contribution is 0.740. The van der Waals surface area contributed by atoms with Crippen LogP contribution >= 0.6 is 11.6 Å². The fourth-order valence-electron chi connectivity index (χ4n) is 3.70. The Morgan fingerprint density at radius 2 is 0.962 bits per heavy atom. The van der Waals surface area contributed by atoms with Gasteiger partial charge in [-0.2, -0.15) is 0 Å². The lowest BCUT2D eigenvalue weighted by Gasteiger charge is -2.36. The second-order valence-electron chi connectivity index (χ2n) is 6.19. The first-order valence-corrected chi connectivity index (χ1v) is 8.99. The van der Waals surface area contributed by atoms with E-state index < -0.39 is 5.41 Å². The van der Waals surface area contributed by atoms with Crippen LogP contribution in [-0.2, 0) is 5.41 Å². The predicted octanol–water partition coefficient (Wildman–Crippen LogP) is 6.12. The summed E-state index contributed by atoms with van der Waals surface area (Å²) in [5.41, 5.74) is 3.92. The molecule has 1 heterocycles. The summed E-state index contributed by atoms with van der Waals surface area (Å²) in [5, 5.41) is 0.518. The van der Waals surface area contributed by atoms with Crippen molar-refractivity contribution >= 4 is 11.6 Å². The number of aromatic nitrogens is 1. The SMILES string of the molecule is Clc1ncccc1C(c1ccccc1)(c1ccccc1)c1ccccc1. The molecule has 126 valence electrons. The molecule has 0 aliphatic heterocycles. The number of rotatable bonds is 4. The molecule has 0 saturated heterocycles. The van der Waals surface area contributed by atoms with Crippen molar-refractivity contribution in [2.45, 2.75) is 5.41 Å². The van der Waals surface area contributed by atoms with Gasteiger partial charge in [-0.3, -0.25) is 0 Å². The van der Waals surface area contributed by atoms with Crippen LogP contribution in [0.25, 0.3) is 0 Å². The quantitative estimate of drug-likeness (QED) is 0.317. The normalized spacial score (nSPS) is 11.3. The maximum atomic E-state index is 6.65. The molecule has 4 rings (SSSR count). The van der Waals surface area contributed by atoms with Gasteiger partial charge in [-0.25, -0.2) is 4.98 Å². The summed E-state index contributed by atoms with van der Waals surface area (Å²) in [6, 6.07) is 35.5. The highest BCUT2D eigenvalue weighted by molar-refractivity contribution is 6.30. The van der Waals surface area contributed by atoms with Crippen molar-refractivity contribution in [2.24, 2.45) is 0 Å². The number of pyridine rings is 1. The molecule has 0 saturated carbocycles. The Morgan fingerprint density at radius 3 is 1.35 bits per heavy atom. The first-order chi connectivity index (χ1) is 12.8. The molecule has 0 radical (unpaired) electrons. The molecule has 0 spiro atoms. The first kappa shape index (κ1) is 16.6. The highest BCUT2D eigenvalue weighted by Crippen LogP contribution is 2.46. The summed E-state index contributed by atoms with van der Waals surface area (Å²) in [6.45, 7) is 0. The van der Waals surface area contributed by atoms with Crippen molar-refractivity contribution in [1.29, 1.82) is 0 Å². The molecule has 0 unspecified atom stereocenters. The van der Waals surface area contributed by atoms with Gasteiger partial charge in [-0.05, 0) is 22.8 Å². The lowest BCUT2D eigenvalue weighted by atomic mass is 9.65. The Morgan fingerprint density at radius 1 is 0.538 bits per heavy atom. The summed E-state index contributed by atoms with van der Waals surface area (Å²) in [4.78, 5) is 4.39. The highest BCUT2D eigenvalue weighted by Gasteiger charge is 2.39. The molecule has 0 amide bonds. The molecule has 4 aromatic rings. The average Bonchev–Trinajstić information content (AvgIpc) is 2.72. The third-order valence-corrected chi connectivity index (χ3v) is 5.08. The second kappa shape index (κ2) is 7.15. The Balaban J connectivity index is 2.17. The highest BCUT2D eigenvalue weighted by atomic mass is 35.5. The molecule has 3 aromatic carbocycles. The second-order valence-corrected chi connectivity index (χ2v) is 6.55. The Labute approximate surface area is 158 Å². The molecule has 1 nitrogen and oxygen atoms in total. The molecule has 0 N–H and O–H groups in total. The van der Waals surface area contributed by atoms with Crippen LogP contribution in [0.2, 0.25) is 5.15 Å². The third kappa shape index (κ3) is 2.71. The van der Waals surface area contributed by atoms with Crippen LogP contribution in [0.1, 0.15) is 22.3 Å². The molecule has 0 fully saturated rings. The monoisotopic (exact) mass is 355 g/mol. The minimum absolute atomic E-state index is 0.518. The summed E-state index contributed by atoms with van der Waals surface area (Å²) >= 11 is 6.65. The van der Waals surface area contributed by atoms with Gasteiger partial charge in [0.2, 0.25) is 0 Å². The number of hydrogen-bond acceptors (Lipinski definition) is 1. The van der Waals surface area contributed by atoms with Crippen molar-refractivity contribution in [2.75, 3.05) is 0 Å². The van der Waals surface area contributed by atoms with E-state index in [1.807, 2.05) is 24.3 Å². The molecular weight excluding hydrogens is 338 g/mol. The van der Waals surface area contributed by atoms with Crippen LogP contribution in [0.3, 0.4) is 0 Å². The maximum Gasteiger partial charge on any atom is 0.133 e. The van der Waals surface area contributed by atoms with Gasteiger partial charge in [-0.1, -0.05) is 109 Å². The molecule has 26 heavy (non-hydrogen) atoms. The minimum atomic E-state index is -0.533. The van der Waals surface area contributed by atoms with E-state index in [2.05, 4.69) is 83.8 Å². The van der Waals surface area contributed by atoms with Crippen molar-refractivity contribution in [1.82, 2.24) is 4.98 Å². The zero-order valence-electron chi connectivity index (χ0n) is 14.2. The Kier molecular flexibility index (Phi) is 4.55. The molecule has 0 bridgehead atoms. The van der Waals surface area contributed by atoms with Crippen molar-refractivity contribution in [3.8, 4) is 0 Å². The maximum absolute atomic E-state index is 6.65. The van der Waals surface area contributed by atoms with E-state index in [0.29, 0.717) is 5.15 Å². The van der Waals surface area contributed by atoms with E-state index in [9.17, 15) is 0 Å². The molecule has 1 aromatic heterocycles. The van der Waals surface area contributed by atoms with Crippen LogP contribution in [0.15, 0.2) is 109 Å². The summed E-state index contributed by atoms with van der Waals surface area (Å²) < 4.78 is 0. The summed E-state index contributed by atoms with van der Waals surface area (Å²) in [6.07, 6.45) is 1.73. The first-order valence-electron chi connectivity index (χ1n) is 8.61. The van der Waals surface area contributed by atoms with Crippen LogP contribution in [0.4, 0.5) is 0 Å². The number of benzene rings is 3. The largest absolute Gasteiger partial charge is 0.244 e. The fourth-order valence-corrected chi connectivity index (χ4v) is 3.96. The smallest absolute Gasteiger partial charge is 0.133 e. The van der Waals surface area contributed by atoms with E-state index in [4.69, 9.17) is 11.6 Å². The van der Waals surface area contributed by atoms with Gasteiger partial charge in [0.15, 0.2) is 0 Å². The zero-order valence-corrected chi connectivity index (χ0v) is 15.0. The van der Waals surface area contributed by atoms with Crippen molar-refractivity contribution < 1.29 is 0 Å². The van der Waals surface area contributed by atoms with E-state index in [1.54, 1.807) is 6.20 Å². The zero-order chi connectivity index (χ0) is 17.8. The van der Waals surface area contributed by atoms with Gasteiger partial charge in [0.05, 0.1) is 5.41 Å². The van der Waals surface area contributed by atoms with E-state index in [1.165, 1.54) is 0 Å². The molecule has 2 heteroatoms. The predicted molar refractivity (Wildman–Crippen MR) is 108 cm³/mol. The number of hydrogen-bond donors (Lipinski definition) is 0. The summed E-state index contributed by atoms with van der Waals surface area (Å²) in [7, 11) is 0. The van der Waals surface area contributed by atoms with Crippen molar-refractivity contribution in [3.05, 3.63) is 137 Å². The Hall–Kier alpha value is -2.90. The van der Waals surface area contributed by atoms with Crippen molar-refractivity contribution in [3.63, 3.8) is 0 Å². The number of halogens is 1. The van der Waals surface area contributed by atoms with Gasteiger partial charge < -0.3 is 0 Å². The van der Waals surface area contributed by atoms with Gasteiger partial charge >= 0.3 is 0 Å². The van der Waals surface area contributed by atoms with Crippen LogP contribution in [-0.4, -0.2) is 4.98 Å². The third-order valence-electron chi connectivity index (χ3n) is 4.78. The number of nitrogens with zero attached hydrogens (tertiary/aromatic N) is 1.